The molecule has 0 radical (unpaired) electrons. The van der Waals surface area contributed by atoms with Crippen molar-refractivity contribution in [1.82, 2.24) is 5.32 Å². The summed E-state index contributed by atoms with van der Waals surface area (Å²) in [5, 5.41) is 12.5. The number of nitrogens with one attached hydrogen (secondary N) is 1. The van der Waals surface area contributed by atoms with Gasteiger partial charge in [-0.25, -0.2) is 8.78 Å². The first-order chi connectivity index (χ1) is 8.04. The fraction of sp³-hybridized carbons (Fsp3) is 0.500. The van der Waals surface area contributed by atoms with Crippen LogP contribution in [0.1, 0.15) is 24.9 Å². The third-order valence-corrected chi connectivity index (χ3v) is 2.76. The second-order valence-electron chi connectivity index (χ2n) is 3.83. The second-order valence-corrected chi connectivity index (χ2v) is 4.26. The van der Waals surface area contributed by atoms with E-state index in [-0.39, 0.29) is 12.6 Å². The lowest BCUT2D eigenvalue weighted by atomic mass is 10.0. The summed E-state index contributed by atoms with van der Waals surface area (Å²) >= 11 is 5.86. The van der Waals surface area contributed by atoms with Gasteiger partial charge in [0.1, 0.15) is 6.10 Å². The number of benzene rings is 1. The van der Waals surface area contributed by atoms with Gasteiger partial charge < -0.3 is 10.4 Å². The second kappa shape index (κ2) is 6.89. The van der Waals surface area contributed by atoms with Gasteiger partial charge in [0.05, 0.1) is 0 Å². The molecule has 2 nitrogen and oxygen atoms in total. The van der Waals surface area contributed by atoms with Gasteiger partial charge in [-0.1, -0.05) is 30.7 Å². The Morgan fingerprint density at radius 1 is 1.41 bits per heavy atom. The van der Waals surface area contributed by atoms with Crippen LogP contribution in [0.5, 0.6) is 0 Å². The molecule has 0 fully saturated rings. The van der Waals surface area contributed by atoms with E-state index in [9.17, 15) is 8.78 Å². The van der Waals surface area contributed by atoms with E-state index in [1.165, 1.54) is 0 Å². The van der Waals surface area contributed by atoms with Crippen molar-refractivity contribution in [2.75, 3.05) is 6.54 Å². The highest BCUT2D eigenvalue weighted by Gasteiger charge is 2.18. The summed E-state index contributed by atoms with van der Waals surface area (Å²) in [6.45, 7) is 1.80. The van der Waals surface area contributed by atoms with Gasteiger partial charge in [-0.3, -0.25) is 0 Å². The molecule has 17 heavy (non-hydrogen) atoms. The molecule has 1 rings (SSSR count). The summed E-state index contributed by atoms with van der Waals surface area (Å²) in [6.07, 6.45) is -3.63. The predicted octanol–water partition coefficient (Wildman–Crippen LogP) is 3.01. The Hall–Kier alpha value is -0.710. The zero-order chi connectivity index (χ0) is 12.8. The van der Waals surface area contributed by atoms with Crippen molar-refractivity contribution in [2.24, 2.45) is 0 Å². The minimum absolute atomic E-state index is 0.0814. The molecular weight excluding hydrogens is 248 g/mol. The Morgan fingerprint density at radius 3 is 2.65 bits per heavy atom. The SMILES string of the molecule is CCC(NCC(O)C(F)F)c1cccc(Cl)c1. The van der Waals surface area contributed by atoms with Crippen LogP contribution in [-0.2, 0) is 0 Å². The van der Waals surface area contributed by atoms with Gasteiger partial charge >= 0.3 is 0 Å². The molecule has 2 N–H and O–H groups in total. The van der Waals surface area contributed by atoms with Crippen molar-refractivity contribution >= 4 is 11.6 Å². The van der Waals surface area contributed by atoms with Gasteiger partial charge in [0.2, 0.25) is 0 Å². The van der Waals surface area contributed by atoms with Crippen LogP contribution in [-0.4, -0.2) is 24.2 Å². The van der Waals surface area contributed by atoms with Gasteiger partial charge in [0.25, 0.3) is 6.43 Å². The van der Waals surface area contributed by atoms with Crippen LogP contribution in [0.2, 0.25) is 5.02 Å². The van der Waals surface area contributed by atoms with Crippen molar-refractivity contribution in [3.8, 4) is 0 Å². The minimum Gasteiger partial charge on any atom is -0.386 e. The van der Waals surface area contributed by atoms with Crippen LogP contribution < -0.4 is 5.32 Å². The van der Waals surface area contributed by atoms with Crippen molar-refractivity contribution in [3.63, 3.8) is 0 Å². The third-order valence-electron chi connectivity index (χ3n) is 2.52. The summed E-state index contributed by atoms with van der Waals surface area (Å²) in [5.41, 5.74) is 0.932. The third kappa shape index (κ3) is 4.58. The average molecular weight is 264 g/mol. The van der Waals surface area contributed by atoms with Gasteiger partial charge in [-0.15, -0.1) is 0 Å². The van der Waals surface area contributed by atoms with Crippen molar-refractivity contribution < 1.29 is 13.9 Å². The van der Waals surface area contributed by atoms with E-state index in [1.54, 1.807) is 12.1 Å². The largest absolute Gasteiger partial charge is 0.386 e. The molecule has 0 aromatic heterocycles. The summed E-state index contributed by atoms with van der Waals surface area (Å²) in [6, 6.07) is 7.15. The van der Waals surface area contributed by atoms with Crippen LogP contribution in [0.3, 0.4) is 0 Å². The summed E-state index contributed by atoms with van der Waals surface area (Å²) in [5.74, 6) is 0. The first-order valence-electron chi connectivity index (χ1n) is 5.49. The maximum absolute atomic E-state index is 12.1. The lowest BCUT2D eigenvalue weighted by Crippen LogP contribution is -2.34. The number of aliphatic hydroxyl groups is 1. The Labute approximate surface area is 105 Å². The molecule has 2 unspecified atom stereocenters. The first kappa shape index (κ1) is 14.4. The normalized spacial score (nSPS) is 14.9. The first-order valence-corrected chi connectivity index (χ1v) is 5.87. The maximum Gasteiger partial charge on any atom is 0.265 e. The Balaban J connectivity index is 2.60. The summed E-state index contributed by atoms with van der Waals surface area (Å²) in [4.78, 5) is 0. The highest BCUT2D eigenvalue weighted by atomic mass is 35.5. The molecule has 96 valence electrons. The van der Waals surface area contributed by atoms with Crippen LogP contribution >= 0.6 is 11.6 Å². The molecule has 0 saturated carbocycles. The van der Waals surface area contributed by atoms with Gasteiger partial charge in [0, 0.05) is 17.6 Å². The monoisotopic (exact) mass is 263 g/mol. The molecule has 0 spiro atoms. The summed E-state index contributed by atoms with van der Waals surface area (Å²) in [7, 11) is 0. The van der Waals surface area contributed by atoms with Crippen molar-refractivity contribution in [3.05, 3.63) is 34.9 Å². The number of rotatable bonds is 6. The number of hydrogen-bond donors (Lipinski definition) is 2. The zero-order valence-electron chi connectivity index (χ0n) is 9.54. The van der Waals surface area contributed by atoms with Crippen LogP contribution in [0, 0.1) is 0 Å². The van der Waals surface area contributed by atoms with Crippen LogP contribution in [0.4, 0.5) is 8.78 Å². The zero-order valence-corrected chi connectivity index (χ0v) is 10.3. The van der Waals surface area contributed by atoms with Crippen LogP contribution in [0.25, 0.3) is 0 Å². The number of aliphatic hydroxyl groups excluding tert-OH is 1. The molecule has 0 bridgehead atoms. The van der Waals surface area contributed by atoms with E-state index < -0.39 is 12.5 Å². The molecule has 2 atom stereocenters. The molecule has 0 saturated heterocycles. The smallest absolute Gasteiger partial charge is 0.265 e. The Kier molecular flexibility index (Phi) is 5.82. The van der Waals surface area contributed by atoms with E-state index in [4.69, 9.17) is 16.7 Å². The van der Waals surface area contributed by atoms with E-state index in [2.05, 4.69) is 5.32 Å². The molecule has 0 heterocycles. The number of halogens is 3. The van der Waals surface area contributed by atoms with Crippen molar-refractivity contribution in [2.45, 2.75) is 31.9 Å². The van der Waals surface area contributed by atoms with E-state index in [1.807, 2.05) is 19.1 Å². The quantitative estimate of drug-likeness (QED) is 0.827. The topological polar surface area (TPSA) is 32.3 Å². The predicted molar refractivity (Wildman–Crippen MR) is 64.5 cm³/mol. The fourth-order valence-corrected chi connectivity index (χ4v) is 1.77. The van der Waals surface area contributed by atoms with E-state index in [0.717, 1.165) is 12.0 Å². The van der Waals surface area contributed by atoms with Crippen LogP contribution in [0.15, 0.2) is 24.3 Å². The molecule has 1 aromatic rings. The Morgan fingerprint density at radius 2 is 2.12 bits per heavy atom. The highest BCUT2D eigenvalue weighted by molar-refractivity contribution is 6.30. The van der Waals surface area contributed by atoms with E-state index >= 15 is 0 Å². The average Bonchev–Trinajstić information content (AvgIpc) is 2.29. The minimum atomic E-state index is -2.72. The van der Waals surface area contributed by atoms with Gasteiger partial charge in [-0.2, -0.15) is 0 Å². The van der Waals surface area contributed by atoms with Gasteiger partial charge in [0.15, 0.2) is 0 Å². The number of hydrogen-bond acceptors (Lipinski definition) is 2. The molecule has 0 aliphatic heterocycles. The standard InChI is InChI=1S/C12H16ClF2NO/c1-2-10(16-7-11(17)12(14)15)8-4-3-5-9(13)6-8/h3-6,10-12,16-17H,2,7H2,1H3. The molecule has 0 amide bonds. The number of alkyl halides is 2. The fourth-order valence-electron chi connectivity index (χ4n) is 1.57. The molecule has 0 aliphatic rings. The van der Waals surface area contributed by atoms with Crippen molar-refractivity contribution in [1.29, 1.82) is 0 Å². The molecule has 1 aromatic carbocycles. The summed E-state index contributed by atoms with van der Waals surface area (Å²) < 4.78 is 24.3. The maximum atomic E-state index is 12.1. The van der Waals surface area contributed by atoms with Gasteiger partial charge in [-0.05, 0) is 24.1 Å². The molecule has 5 heteroatoms. The highest BCUT2D eigenvalue weighted by Crippen LogP contribution is 2.20. The lowest BCUT2D eigenvalue weighted by Gasteiger charge is -2.19. The molecule has 0 aliphatic carbocycles. The lowest BCUT2D eigenvalue weighted by molar-refractivity contribution is -0.00471. The van der Waals surface area contributed by atoms with E-state index in [0.29, 0.717) is 5.02 Å². The molecular formula is C12H16ClF2NO. The Bertz CT molecular complexity index is 349.